The largest absolute Gasteiger partial charge is 0.352 e. The van der Waals surface area contributed by atoms with Crippen molar-refractivity contribution >= 4 is 33.2 Å². The lowest BCUT2D eigenvalue weighted by Gasteiger charge is -2.12. The van der Waals surface area contributed by atoms with E-state index in [0.29, 0.717) is 34.3 Å². The number of amides is 1. The molecule has 2 aromatic carbocycles. The molecule has 140 valence electrons. The molecule has 0 aliphatic heterocycles. The summed E-state index contributed by atoms with van der Waals surface area (Å²) in [6.07, 6.45) is 0.860. The first-order valence-corrected chi connectivity index (χ1v) is 10.2. The van der Waals surface area contributed by atoms with Crippen molar-refractivity contribution in [3.63, 3.8) is 0 Å². The molecular formula is C19H23ClN2O3S. The maximum absolute atomic E-state index is 12.7. The average Bonchev–Trinajstić information content (AvgIpc) is 2.58. The van der Waals surface area contributed by atoms with Crippen LogP contribution in [-0.4, -0.2) is 20.9 Å². The summed E-state index contributed by atoms with van der Waals surface area (Å²) in [4.78, 5) is 12.2. The number of anilines is 1. The number of nitrogens with one attached hydrogen (secondary N) is 2. The number of halogens is 1. The lowest BCUT2D eigenvalue weighted by Crippen LogP contribution is -2.25. The quantitative estimate of drug-likeness (QED) is 0.738. The van der Waals surface area contributed by atoms with Gasteiger partial charge >= 0.3 is 0 Å². The van der Waals surface area contributed by atoms with Crippen molar-refractivity contribution in [2.45, 2.75) is 32.1 Å². The Morgan fingerprint density at radius 3 is 2.54 bits per heavy atom. The van der Waals surface area contributed by atoms with E-state index in [-0.39, 0.29) is 10.8 Å². The van der Waals surface area contributed by atoms with Crippen LogP contribution in [0, 0.1) is 12.8 Å². The highest BCUT2D eigenvalue weighted by atomic mass is 35.5. The molecule has 0 aliphatic carbocycles. The molecule has 2 rings (SSSR count). The SMILES string of the molecule is Cc1c(Cl)cccc1NS(=O)(=O)c1cccc(C(=O)NCCC(C)C)c1. The molecule has 0 unspecified atom stereocenters. The molecule has 0 radical (unpaired) electrons. The van der Waals surface area contributed by atoms with Gasteiger partial charge in [-0.2, -0.15) is 0 Å². The third-order valence-electron chi connectivity index (χ3n) is 3.93. The first-order chi connectivity index (χ1) is 12.2. The van der Waals surface area contributed by atoms with Gasteiger partial charge in [0.1, 0.15) is 0 Å². The maximum atomic E-state index is 12.7. The fourth-order valence-electron chi connectivity index (χ4n) is 2.30. The van der Waals surface area contributed by atoms with E-state index in [1.54, 1.807) is 37.3 Å². The van der Waals surface area contributed by atoms with E-state index >= 15 is 0 Å². The van der Waals surface area contributed by atoms with Gasteiger partial charge in [-0.15, -0.1) is 0 Å². The molecule has 0 fully saturated rings. The van der Waals surface area contributed by atoms with Crippen molar-refractivity contribution in [1.82, 2.24) is 5.32 Å². The van der Waals surface area contributed by atoms with Gasteiger partial charge in [0.05, 0.1) is 10.6 Å². The van der Waals surface area contributed by atoms with Crippen LogP contribution in [0.5, 0.6) is 0 Å². The molecule has 0 spiro atoms. The number of hydrogen-bond donors (Lipinski definition) is 2. The second kappa shape index (κ2) is 8.56. The van der Waals surface area contributed by atoms with Gasteiger partial charge in [0.15, 0.2) is 0 Å². The Kier molecular flexibility index (Phi) is 6.67. The molecule has 2 N–H and O–H groups in total. The van der Waals surface area contributed by atoms with E-state index in [0.717, 1.165) is 6.42 Å². The van der Waals surface area contributed by atoms with E-state index in [2.05, 4.69) is 23.9 Å². The molecule has 2 aromatic rings. The topological polar surface area (TPSA) is 75.3 Å². The van der Waals surface area contributed by atoms with Crippen molar-refractivity contribution in [1.29, 1.82) is 0 Å². The molecule has 1 amide bonds. The zero-order valence-electron chi connectivity index (χ0n) is 15.0. The molecule has 7 heteroatoms. The fourth-order valence-corrected chi connectivity index (χ4v) is 3.65. The van der Waals surface area contributed by atoms with E-state index < -0.39 is 10.0 Å². The van der Waals surface area contributed by atoms with Crippen molar-refractivity contribution in [2.75, 3.05) is 11.3 Å². The van der Waals surface area contributed by atoms with E-state index in [9.17, 15) is 13.2 Å². The van der Waals surface area contributed by atoms with Gasteiger partial charge in [-0.3, -0.25) is 9.52 Å². The van der Waals surface area contributed by atoms with Gasteiger partial charge in [0, 0.05) is 17.1 Å². The first-order valence-electron chi connectivity index (χ1n) is 8.37. The van der Waals surface area contributed by atoms with E-state index in [4.69, 9.17) is 11.6 Å². The predicted octanol–water partition coefficient (Wildman–Crippen LogP) is 4.23. The van der Waals surface area contributed by atoms with Crippen LogP contribution in [0.4, 0.5) is 5.69 Å². The third-order valence-corrected chi connectivity index (χ3v) is 5.70. The van der Waals surface area contributed by atoms with Gasteiger partial charge in [0.25, 0.3) is 15.9 Å². The lowest BCUT2D eigenvalue weighted by molar-refractivity contribution is 0.0952. The molecule has 0 atom stereocenters. The minimum atomic E-state index is -3.83. The lowest BCUT2D eigenvalue weighted by atomic mass is 10.1. The zero-order chi connectivity index (χ0) is 19.3. The van der Waals surface area contributed by atoms with Crippen LogP contribution >= 0.6 is 11.6 Å². The van der Waals surface area contributed by atoms with Crippen LogP contribution in [-0.2, 0) is 10.0 Å². The smallest absolute Gasteiger partial charge is 0.261 e. The van der Waals surface area contributed by atoms with Gasteiger partial charge in [-0.25, -0.2) is 8.42 Å². The summed E-state index contributed by atoms with van der Waals surface area (Å²) >= 11 is 6.04. The summed E-state index contributed by atoms with van der Waals surface area (Å²) in [5, 5.41) is 3.28. The number of benzene rings is 2. The van der Waals surface area contributed by atoms with Crippen LogP contribution in [0.25, 0.3) is 0 Å². The van der Waals surface area contributed by atoms with Crippen molar-refractivity contribution in [2.24, 2.45) is 5.92 Å². The molecule has 26 heavy (non-hydrogen) atoms. The number of carbonyl (C=O) groups is 1. The molecule has 0 aromatic heterocycles. The van der Waals surface area contributed by atoms with Crippen molar-refractivity contribution in [3.05, 3.63) is 58.6 Å². The van der Waals surface area contributed by atoms with Crippen LogP contribution in [0.2, 0.25) is 5.02 Å². The Bertz CT molecular complexity index is 895. The summed E-state index contributed by atoms with van der Waals surface area (Å²) < 4.78 is 27.8. The summed E-state index contributed by atoms with van der Waals surface area (Å²) in [5.41, 5.74) is 1.35. The normalized spacial score (nSPS) is 11.4. The van der Waals surface area contributed by atoms with Crippen LogP contribution in [0.3, 0.4) is 0 Å². The van der Waals surface area contributed by atoms with E-state index in [1.807, 2.05) is 0 Å². The molecule has 0 bridgehead atoms. The first kappa shape index (κ1) is 20.3. The number of sulfonamides is 1. The second-order valence-corrected chi connectivity index (χ2v) is 8.57. The van der Waals surface area contributed by atoms with Crippen molar-refractivity contribution in [3.8, 4) is 0 Å². The minimum absolute atomic E-state index is 0.0217. The van der Waals surface area contributed by atoms with Crippen LogP contribution in [0.1, 0.15) is 36.2 Å². The molecular weight excluding hydrogens is 372 g/mol. The third kappa shape index (κ3) is 5.22. The van der Waals surface area contributed by atoms with E-state index in [1.165, 1.54) is 12.1 Å². The van der Waals surface area contributed by atoms with Crippen LogP contribution in [0.15, 0.2) is 47.4 Å². The highest BCUT2D eigenvalue weighted by Gasteiger charge is 2.18. The molecule has 0 saturated carbocycles. The minimum Gasteiger partial charge on any atom is -0.352 e. The molecule has 5 nitrogen and oxygen atoms in total. The Balaban J connectivity index is 2.20. The van der Waals surface area contributed by atoms with Gasteiger partial charge in [0.2, 0.25) is 0 Å². The number of hydrogen-bond acceptors (Lipinski definition) is 3. The number of carbonyl (C=O) groups excluding carboxylic acids is 1. The molecule has 0 heterocycles. The fraction of sp³-hybridized carbons (Fsp3) is 0.316. The molecule has 0 saturated heterocycles. The highest BCUT2D eigenvalue weighted by molar-refractivity contribution is 7.92. The Labute approximate surface area is 159 Å². The number of rotatable bonds is 7. The molecule has 0 aliphatic rings. The highest BCUT2D eigenvalue weighted by Crippen LogP contribution is 2.25. The summed E-state index contributed by atoms with van der Waals surface area (Å²) in [6, 6.07) is 11.0. The predicted molar refractivity (Wildman–Crippen MR) is 105 cm³/mol. The van der Waals surface area contributed by atoms with Crippen molar-refractivity contribution < 1.29 is 13.2 Å². The monoisotopic (exact) mass is 394 g/mol. The Hall–Kier alpha value is -2.05. The Morgan fingerprint density at radius 1 is 1.15 bits per heavy atom. The summed E-state index contributed by atoms with van der Waals surface area (Å²) in [7, 11) is -3.83. The summed E-state index contributed by atoms with van der Waals surface area (Å²) in [5.74, 6) is 0.189. The second-order valence-electron chi connectivity index (χ2n) is 6.48. The van der Waals surface area contributed by atoms with Crippen LogP contribution < -0.4 is 10.0 Å². The standard InChI is InChI=1S/C19H23ClN2O3S/c1-13(2)10-11-21-19(23)15-6-4-7-16(12-15)26(24,25)22-18-9-5-8-17(20)14(18)3/h4-9,12-13,22H,10-11H2,1-3H3,(H,21,23). The average molecular weight is 395 g/mol. The van der Waals surface area contributed by atoms with Gasteiger partial charge < -0.3 is 5.32 Å². The maximum Gasteiger partial charge on any atom is 0.261 e. The van der Waals surface area contributed by atoms with Gasteiger partial charge in [-0.1, -0.05) is 37.6 Å². The van der Waals surface area contributed by atoms with Gasteiger partial charge in [-0.05, 0) is 55.2 Å². The Morgan fingerprint density at radius 2 is 1.85 bits per heavy atom. The zero-order valence-corrected chi connectivity index (χ0v) is 16.6. The summed E-state index contributed by atoms with van der Waals surface area (Å²) in [6.45, 7) is 6.43.